The second-order valence-corrected chi connectivity index (χ2v) is 7.06. The summed E-state index contributed by atoms with van der Waals surface area (Å²) >= 11 is 6.09. The lowest BCUT2D eigenvalue weighted by atomic mass is 10.1. The van der Waals surface area contributed by atoms with Crippen molar-refractivity contribution in [3.05, 3.63) is 46.3 Å². The molecule has 2 N–H and O–H groups in total. The molecule has 1 aliphatic rings. The maximum absolute atomic E-state index is 14.5. The molecule has 8 heteroatoms. The molecular weight excluding hydrogens is 385 g/mol. The molecule has 0 aliphatic carbocycles. The summed E-state index contributed by atoms with van der Waals surface area (Å²) in [6.07, 6.45) is 3.53. The van der Waals surface area contributed by atoms with Crippen molar-refractivity contribution in [3.63, 3.8) is 0 Å². The number of allylic oxidation sites excluding steroid dienone is 2. The Morgan fingerprint density at radius 2 is 2.04 bits per heavy atom. The Hall–Kier alpha value is -2.67. The van der Waals surface area contributed by atoms with Gasteiger partial charge in [0.15, 0.2) is 0 Å². The average molecular weight is 408 g/mol. The first-order valence-electron chi connectivity index (χ1n) is 8.85. The zero-order chi connectivity index (χ0) is 21.0. The van der Waals surface area contributed by atoms with Crippen LogP contribution in [0, 0.1) is 5.82 Å². The highest BCUT2D eigenvalue weighted by Crippen LogP contribution is 2.35. The Morgan fingerprint density at radius 1 is 1.36 bits per heavy atom. The maximum Gasteiger partial charge on any atom is 0.261 e. The van der Waals surface area contributed by atoms with E-state index in [1.807, 2.05) is 13.0 Å². The van der Waals surface area contributed by atoms with Gasteiger partial charge in [-0.2, -0.15) is 0 Å². The number of hydrogen-bond acceptors (Lipinski definition) is 4. The van der Waals surface area contributed by atoms with Gasteiger partial charge in [-0.05, 0) is 39.8 Å². The molecule has 1 unspecified atom stereocenters. The van der Waals surface area contributed by atoms with Gasteiger partial charge in [-0.15, -0.1) is 0 Å². The Bertz CT molecular complexity index is 876. The monoisotopic (exact) mass is 407 g/mol. The SMILES string of the molecule is CC=CCNC(=O)C(C)Nc1cc(N2C(=O)CC(=C(C)C)C2=O)c(F)cc1Cl. The molecule has 6 nitrogen and oxygen atoms in total. The lowest BCUT2D eigenvalue weighted by Gasteiger charge is -2.20. The second-order valence-electron chi connectivity index (χ2n) is 6.65. The minimum Gasteiger partial charge on any atom is -0.373 e. The highest BCUT2D eigenvalue weighted by molar-refractivity contribution is 6.34. The van der Waals surface area contributed by atoms with Crippen LogP contribution in [0.25, 0.3) is 0 Å². The summed E-state index contributed by atoms with van der Waals surface area (Å²) in [5.41, 5.74) is 1.11. The predicted octanol–water partition coefficient (Wildman–Crippen LogP) is 3.57. The summed E-state index contributed by atoms with van der Waals surface area (Å²) in [7, 11) is 0. The fraction of sp³-hybridized carbons (Fsp3) is 0.350. The summed E-state index contributed by atoms with van der Waals surface area (Å²) in [6.45, 7) is 7.30. The number of rotatable bonds is 6. The van der Waals surface area contributed by atoms with Crippen molar-refractivity contribution in [2.24, 2.45) is 0 Å². The summed E-state index contributed by atoms with van der Waals surface area (Å²) < 4.78 is 14.5. The third-order valence-corrected chi connectivity index (χ3v) is 4.63. The first-order valence-corrected chi connectivity index (χ1v) is 9.23. The fourth-order valence-corrected chi connectivity index (χ4v) is 2.94. The first kappa shape index (κ1) is 21.6. The van der Waals surface area contributed by atoms with Crippen LogP contribution in [0.2, 0.25) is 5.02 Å². The van der Waals surface area contributed by atoms with Gasteiger partial charge in [0.25, 0.3) is 5.91 Å². The second kappa shape index (κ2) is 9.01. The number of carbonyl (C=O) groups is 3. The minimum absolute atomic E-state index is 0.0379. The highest BCUT2D eigenvalue weighted by atomic mass is 35.5. The van der Waals surface area contributed by atoms with E-state index >= 15 is 0 Å². The molecule has 1 fully saturated rings. The summed E-state index contributed by atoms with van der Waals surface area (Å²) in [5.74, 6) is -2.13. The number of nitrogens with one attached hydrogen (secondary N) is 2. The van der Waals surface area contributed by atoms with Crippen LogP contribution in [0.5, 0.6) is 0 Å². The number of carbonyl (C=O) groups excluding carboxylic acids is 3. The number of hydrogen-bond donors (Lipinski definition) is 2. The molecule has 28 heavy (non-hydrogen) atoms. The van der Waals surface area contributed by atoms with E-state index < -0.39 is 23.7 Å². The minimum atomic E-state index is -0.794. The van der Waals surface area contributed by atoms with Crippen molar-refractivity contribution in [2.45, 2.75) is 40.2 Å². The molecule has 1 heterocycles. The molecule has 1 aromatic rings. The van der Waals surface area contributed by atoms with Gasteiger partial charge in [0, 0.05) is 12.1 Å². The number of halogens is 2. The molecule has 150 valence electrons. The van der Waals surface area contributed by atoms with E-state index in [9.17, 15) is 18.8 Å². The van der Waals surface area contributed by atoms with Gasteiger partial charge in [-0.1, -0.05) is 29.3 Å². The lowest BCUT2D eigenvalue weighted by Crippen LogP contribution is -2.37. The lowest BCUT2D eigenvalue weighted by molar-refractivity contribution is -0.122. The summed E-state index contributed by atoms with van der Waals surface area (Å²) in [4.78, 5) is 37.8. The van der Waals surface area contributed by atoms with Crippen molar-refractivity contribution in [3.8, 4) is 0 Å². The van der Waals surface area contributed by atoms with Crippen LogP contribution in [0.15, 0.2) is 35.4 Å². The van der Waals surface area contributed by atoms with Crippen LogP contribution in [-0.2, 0) is 14.4 Å². The van der Waals surface area contributed by atoms with Crippen LogP contribution in [0.1, 0.15) is 34.1 Å². The van der Waals surface area contributed by atoms with Gasteiger partial charge in [-0.25, -0.2) is 9.29 Å². The average Bonchev–Trinajstić information content (AvgIpc) is 2.92. The highest BCUT2D eigenvalue weighted by Gasteiger charge is 2.37. The van der Waals surface area contributed by atoms with Crippen molar-refractivity contribution < 1.29 is 18.8 Å². The van der Waals surface area contributed by atoms with E-state index in [0.29, 0.717) is 17.7 Å². The topological polar surface area (TPSA) is 78.5 Å². The van der Waals surface area contributed by atoms with E-state index in [-0.39, 0.29) is 28.7 Å². The van der Waals surface area contributed by atoms with Crippen molar-refractivity contribution in [1.29, 1.82) is 0 Å². The van der Waals surface area contributed by atoms with E-state index in [1.165, 1.54) is 6.07 Å². The third kappa shape index (κ3) is 4.59. The standard InChI is InChI=1S/C20H23ClFN3O3/c1-5-6-7-23-19(27)12(4)24-16-10-17(15(22)9-14(16)21)25-18(26)8-13(11(2)3)20(25)28/h5-6,9-10,12,24H,7-8H2,1-4H3,(H,23,27). The molecule has 0 saturated carbocycles. The Labute approximate surface area is 168 Å². The number of nitrogens with zero attached hydrogens (tertiary/aromatic N) is 1. The molecule has 0 radical (unpaired) electrons. The van der Waals surface area contributed by atoms with Gasteiger partial charge in [0.2, 0.25) is 11.8 Å². The zero-order valence-electron chi connectivity index (χ0n) is 16.2. The number of imide groups is 1. The molecule has 0 bridgehead atoms. The van der Waals surface area contributed by atoms with Crippen molar-refractivity contribution >= 4 is 40.7 Å². The summed E-state index contributed by atoms with van der Waals surface area (Å²) in [6, 6.07) is 1.63. The van der Waals surface area contributed by atoms with E-state index in [2.05, 4.69) is 10.6 Å². The predicted molar refractivity (Wildman–Crippen MR) is 108 cm³/mol. The molecule has 1 saturated heterocycles. The van der Waals surface area contributed by atoms with Crippen molar-refractivity contribution in [2.75, 3.05) is 16.8 Å². The molecule has 0 aromatic heterocycles. The van der Waals surface area contributed by atoms with Gasteiger partial charge < -0.3 is 10.6 Å². The summed E-state index contributed by atoms with van der Waals surface area (Å²) in [5, 5.41) is 5.64. The molecule has 0 spiro atoms. The van der Waals surface area contributed by atoms with Crippen LogP contribution >= 0.6 is 11.6 Å². The Balaban J connectivity index is 2.30. The largest absolute Gasteiger partial charge is 0.373 e. The first-order chi connectivity index (χ1) is 13.2. The molecule has 3 amide bonds. The number of amides is 3. The third-order valence-electron chi connectivity index (χ3n) is 4.31. The molecule has 1 atom stereocenters. The quantitative estimate of drug-likeness (QED) is 0.429. The smallest absolute Gasteiger partial charge is 0.261 e. The van der Waals surface area contributed by atoms with Gasteiger partial charge in [0.05, 0.1) is 22.8 Å². The van der Waals surface area contributed by atoms with E-state index in [4.69, 9.17) is 11.6 Å². The van der Waals surface area contributed by atoms with Gasteiger partial charge >= 0.3 is 0 Å². The maximum atomic E-state index is 14.5. The van der Waals surface area contributed by atoms with Crippen molar-refractivity contribution in [1.82, 2.24) is 5.32 Å². The van der Waals surface area contributed by atoms with E-state index in [0.717, 1.165) is 11.0 Å². The molecule has 1 aromatic carbocycles. The molecule has 2 rings (SSSR count). The number of anilines is 2. The van der Waals surface area contributed by atoms with Crippen LogP contribution in [-0.4, -0.2) is 30.3 Å². The normalized spacial score (nSPS) is 15.4. The van der Waals surface area contributed by atoms with Crippen LogP contribution in [0.3, 0.4) is 0 Å². The fourth-order valence-electron chi connectivity index (χ4n) is 2.74. The van der Waals surface area contributed by atoms with Gasteiger partial charge in [0.1, 0.15) is 11.9 Å². The Kier molecular flexibility index (Phi) is 6.96. The van der Waals surface area contributed by atoms with E-state index in [1.54, 1.807) is 26.8 Å². The zero-order valence-corrected chi connectivity index (χ0v) is 17.0. The Morgan fingerprint density at radius 3 is 2.61 bits per heavy atom. The van der Waals surface area contributed by atoms with Gasteiger partial charge in [-0.3, -0.25) is 14.4 Å². The van der Waals surface area contributed by atoms with Crippen LogP contribution in [0.4, 0.5) is 15.8 Å². The number of benzene rings is 1. The molecule has 1 aliphatic heterocycles. The van der Waals surface area contributed by atoms with Crippen LogP contribution < -0.4 is 15.5 Å². The molecular formula is C20H23ClFN3O3.